The van der Waals surface area contributed by atoms with Crippen molar-refractivity contribution in [3.8, 4) is 0 Å². The van der Waals surface area contributed by atoms with Crippen LogP contribution >= 0.6 is 0 Å². The Hall–Kier alpha value is -2.21. The number of nitrogens with two attached hydrogens (primary N) is 1. The molecule has 0 bridgehead atoms. The van der Waals surface area contributed by atoms with Crippen molar-refractivity contribution in [3.63, 3.8) is 0 Å². The lowest BCUT2D eigenvalue weighted by atomic mass is 10.1. The van der Waals surface area contributed by atoms with Crippen LogP contribution in [0.3, 0.4) is 0 Å². The third kappa shape index (κ3) is 3.67. The molecule has 4 N–H and O–H groups in total. The number of carbonyl (C=O) groups excluding carboxylic acids is 2. The van der Waals surface area contributed by atoms with Crippen LogP contribution in [0.1, 0.15) is 41.0 Å². The molecule has 0 aliphatic rings. The molecule has 0 atom stereocenters. The second-order valence-corrected chi connectivity index (χ2v) is 3.70. The summed E-state index contributed by atoms with van der Waals surface area (Å²) in [6, 6.07) is 6.23. The van der Waals surface area contributed by atoms with Crippen molar-refractivity contribution >= 4 is 17.5 Å². The Labute approximate surface area is 105 Å². The lowest BCUT2D eigenvalue weighted by molar-refractivity contribution is 0.0953. The van der Waals surface area contributed by atoms with Gasteiger partial charge in [0.2, 0.25) is 0 Å². The topological polar surface area (TPSA) is 96.6 Å². The van der Waals surface area contributed by atoms with E-state index in [9.17, 15) is 9.59 Å². The van der Waals surface area contributed by atoms with Gasteiger partial charge in [0.05, 0.1) is 0 Å². The fourth-order valence-corrected chi connectivity index (χ4v) is 1.17. The number of hydrogen-bond donors (Lipinski definition) is 3. The Balaban J connectivity index is 2.84. The molecule has 0 fully saturated rings. The lowest BCUT2D eigenvalue weighted by Crippen LogP contribution is -2.30. The van der Waals surface area contributed by atoms with E-state index in [0.29, 0.717) is 11.1 Å². The number of nitrogens with one attached hydrogen (secondary N) is 2. The fourth-order valence-electron chi connectivity index (χ4n) is 1.17. The average molecular weight is 248 g/mol. The third-order valence-corrected chi connectivity index (χ3v) is 2.38. The molecule has 1 rings (SSSR count). The van der Waals surface area contributed by atoms with E-state index < -0.39 is 5.91 Å². The van der Waals surface area contributed by atoms with Crippen molar-refractivity contribution in [3.05, 3.63) is 35.4 Å². The van der Waals surface area contributed by atoms with Crippen LogP contribution in [-0.4, -0.2) is 17.5 Å². The standard InChI is InChI=1S/C12H16N4O2/c1-3-8(2)15-16-12(18)10-6-4-5-9(7-10)11(17)14-13/h4-7H,3,13H2,1-2H3,(H,14,17)(H,16,18). The molecule has 0 radical (unpaired) electrons. The van der Waals surface area contributed by atoms with Crippen LogP contribution in [0.5, 0.6) is 0 Å². The highest BCUT2D eigenvalue weighted by molar-refractivity contribution is 5.99. The summed E-state index contributed by atoms with van der Waals surface area (Å²) in [6.45, 7) is 3.76. The van der Waals surface area contributed by atoms with Crippen molar-refractivity contribution in [2.45, 2.75) is 20.3 Å². The molecule has 96 valence electrons. The molecule has 0 aromatic heterocycles. The molecule has 1 aromatic carbocycles. The second kappa shape index (κ2) is 6.51. The molecular formula is C12H16N4O2. The quantitative estimate of drug-likeness (QED) is 0.318. The molecule has 0 unspecified atom stereocenters. The summed E-state index contributed by atoms with van der Waals surface area (Å²) in [5, 5.41) is 3.91. The highest BCUT2D eigenvalue weighted by atomic mass is 16.2. The number of nitrogens with zero attached hydrogens (tertiary/aromatic N) is 1. The minimum Gasteiger partial charge on any atom is -0.290 e. The Bertz CT molecular complexity index is 483. The van der Waals surface area contributed by atoms with E-state index in [2.05, 4.69) is 10.5 Å². The molecule has 0 aliphatic carbocycles. The first-order chi connectivity index (χ1) is 8.58. The number of benzene rings is 1. The van der Waals surface area contributed by atoms with E-state index in [1.54, 1.807) is 18.2 Å². The molecule has 0 saturated carbocycles. The van der Waals surface area contributed by atoms with Gasteiger partial charge >= 0.3 is 0 Å². The number of nitrogen functional groups attached to an aromatic ring is 1. The predicted octanol–water partition coefficient (Wildman–Crippen LogP) is 0.806. The highest BCUT2D eigenvalue weighted by Gasteiger charge is 2.08. The summed E-state index contributed by atoms with van der Waals surface area (Å²) >= 11 is 0. The summed E-state index contributed by atoms with van der Waals surface area (Å²) < 4.78 is 0. The largest absolute Gasteiger partial charge is 0.290 e. The van der Waals surface area contributed by atoms with Crippen LogP contribution in [0.25, 0.3) is 0 Å². The molecule has 18 heavy (non-hydrogen) atoms. The Kier molecular flexibility index (Phi) is 5.01. The number of carbonyl (C=O) groups is 2. The lowest BCUT2D eigenvalue weighted by Gasteiger charge is -2.04. The first-order valence-corrected chi connectivity index (χ1v) is 5.53. The molecule has 0 saturated heterocycles. The molecule has 2 amide bonds. The second-order valence-electron chi connectivity index (χ2n) is 3.70. The maximum Gasteiger partial charge on any atom is 0.271 e. The van der Waals surface area contributed by atoms with Gasteiger partial charge in [-0.15, -0.1) is 0 Å². The minimum atomic E-state index is -0.446. The number of hydrogen-bond acceptors (Lipinski definition) is 4. The normalized spacial score (nSPS) is 10.9. The van der Waals surface area contributed by atoms with Gasteiger partial charge in [-0.2, -0.15) is 5.10 Å². The number of rotatable bonds is 4. The summed E-state index contributed by atoms with van der Waals surface area (Å²) in [6.07, 6.45) is 0.760. The van der Waals surface area contributed by atoms with E-state index in [1.165, 1.54) is 6.07 Å². The van der Waals surface area contributed by atoms with E-state index >= 15 is 0 Å². The smallest absolute Gasteiger partial charge is 0.271 e. The van der Waals surface area contributed by atoms with Gasteiger partial charge in [-0.25, -0.2) is 11.3 Å². The zero-order valence-corrected chi connectivity index (χ0v) is 10.4. The first kappa shape index (κ1) is 13.9. The van der Waals surface area contributed by atoms with Crippen molar-refractivity contribution in [1.82, 2.24) is 10.9 Å². The molecule has 6 nitrogen and oxygen atoms in total. The molecule has 0 spiro atoms. The minimum absolute atomic E-state index is 0.321. The van der Waals surface area contributed by atoms with Gasteiger partial charge in [-0.1, -0.05) is 13.0 Å². The SMILES string of the molecule is CCC(C)=NNC(=O)c1cccc(C(=O)NN)c1. The van der Waals surface area contributed by atoms with Crippen LogP contribution in [0, 0.1) is 0 Å². The number of hydrazone groups is 1. The molecule has 0 heterocycles. The summed E-state index contributed by atoms with van der Waals surface area (Å²) in [4.78, 5) is 23.1. The van der Waals surface area contributed by atoms with Gasteiger partial charge < -0.3 is 0 Å². The summed E-state index contributed by atoms with van der Waals surface area (Å²) in [5.74, 6) is 4.21. The molecular weight excluding hydrogens is 232 g/mol. The van der Waals surface area contributed by atoms with Crippen LogP contribution in [-0.2, 0) is 0 Å². The van der Waals surface area contributed by atoms with E-state index in [4.69, 9.17) is 5.84 Å². The Morgan fingerprint density at radius 3 is 2.44 bits per heavy atom. The van der Waals surface area contributed by atoms with Crippen LogP contribution in [0.2, 0.25) is 0 Å². The number of hydrazine groups is 1. The first-order valence-electron chi connectivity index (χ1n) is 5.53. The van der Waals surface area contributed by atoms with Gasteiger partial charge in [0.25, 0.3) is 11.8 Å². The van der Waals surface area contributed by atoms with E-state index in [-0.39, 0.29) is 5.91 Å². The summed E-state index contributed by atoms with van der Waals surface area (Å²) in [7, 11) is 0. The highest BCUT2D eigenvalue weighted by Crippen LogP contribution is 2.05. The maximum absolute atomic E-state index is 11.7. The summed E-state index contributed by atoms with van der Waals surface area (Å²) in [5.41, 5.74) is 5.92. The molecule has 6 heteroatoms. The van der Waals surface area contributed by atoms with Gasteiger partial charge in [0.1, 0.15) is 0 Å². The monoisotopic (exact) mass is 248 g/mol. The van der Waals surface area contributed by atoms with Gasteiger partial charge in [0, 0.05) is 16.8 Å². The van der Waals surface area contributed by atoms with Crippen molar-refractivity contribution in [2.24, 2.45) is 10.9 Å². The maximum atomic E-state index is 11.7. The third-order valence-electron chi connectivity index (χ3n) is 2.38. The Morgan fingerprint density at radius 2 is 1.89 bits per heavy atom. The predicted molar refractivity (Wildman–Crippen MR) is 69.0 cm³/mol. The van der Waals surface area contributed by atoms with E-state index in [1.807, 2.05) is 19.3 Å². The van der Waals surface area contributed by atoms with Crippen LogP contribution < -0.4 is 16.7 Å². The molecule has 0 aliphatic heterocycles. The van der Waals surface area contributed by atoms with Crippen LogP contribution in [0.15, 0.2) is 29.4 Å². The zero-order valence-electron chi connectivity index (χ0n) is 10.4. The van der Waals surface area contributed by atoms with Crippen molar-refractivity contribution < 1.29 is 9.59 Å². The molecule has 1 aromatic rings. The zero-order chi connectivity index (χ0) is 13.5. The van der Waals surface area contributed by atoms with Gasteiger partial charge in [-0.3, -0.25) is 15.0 Å². The van der Waals surface area contributed by atoms with Crippen LogP contribution in [0.4, 0.5) is 0 Å². The fraction of sp³-hybridized carbons (Fsp3) is 0.250. The van der Waals surface area contributed by atoms with E-state index in [0.717, 1.165) is 12.1 Å². The van der Waals surface area contributed by atoms with Gasteiger partial charge in [0.15, 0.2) is 0 Å². The average Bonchev–Trinajstić information content (AvgIpc) is 2.43. The van der Waals surface area contributed by atoms with Gasteiger partial charge in [-0.05, 0) is 31.5 Å². The Morgan fingerprint density at radius 1 is 1.28 bits per heavy atom. The number of amides is 2. The van der Waals surface area contributed by atoms with Crippen molar-refractivity contribution in [2.75, 3.05) is 0 Å². The van der Waals surface area contributed by atoms with Crippen molar-refractivity contribution in [1.29, 1.82) is 0 Å².